The molecule has 0 atom stereocenters. The Morgan fingerprint density at radius 2 is 2.67 bits per heavy atom. The van der Waals surface area contributed by atoms with Gasteiger partial charge in [0.25, 0.3) is 0 Å². The van der Waals surface area contributed by atoms with Crippen molar-refractivity contribution in [3.05, 3.63) is 16.8 Å². The maximum Gasteiger partial charge on any atom is 0.138 e. The Morgan fingerprint density at radius 1 is 1.78 bits per heavy atom. The van der Waals surface area contributed by atoms with Gasteiger partial charge in [-0.2, -0.15) is 0 Å². The molecule has 0 saturated heterocycles. The van der Waals surface area contributed by atoms with E-state index in [1.54, 1.807) is 0 Å². The van der Waals surface area contributed by atoms with Crippen LogP contribution in [-0.2, 0) is 6.67 Å². The fourth-order valence-corrected chi connectivity index (χ4v) is 0.338. The standard InChI is InChI=1S/C2H3N7/c3-6-4-1-9-2-5-7-8-9/h2H,1H2. The van der Waals surface area contributed by atoms with Gasteiger partial charge in [-0.1, -0.05) is 5.11 Å². The van der Waals surface area contributed by atoms with Crippen molar-refractivity contribution in [1.29, 1.82) is 0 Å². The highest BCUT2D eigenvalue weighted by atomic mass is 15.5. The second kappa shape index (κ2) is 2.63. The van der Waals surface area contributed by atoms with Crippen LogP contribution in [0.5, 0.6) is 0 Å². The Labute approximate surface area is 49.9 Å². The lowest BCUT2D eigenvalue weighted by Crippen LogP contribution is -1.94. The molecule has 1 rings (SSSR count). The van der Waals surface area contributed by atoms with Gasteiger partial charge in [-0.15, -0.1) is 5.10 Å². The molecule has 0 aromatic carbocycles. The van der Waals surface area contributed by atoms with Crippen LogP contribution in [0, 0.1) is 0 Å². The summed E-state index contributed by atoms with van der Waals surface area (Å²) in [6, 6.07) is 0. The zero-order valence-corrected chi connectivity index (χ0v) is 4.41. The summed E-state index contributed by atoms with van der Waals surface area (Å²) in [6.07, 6.45) is 1.37. The van der Waals surface area contributed by atoms with E-state index in [9.17, 15) is 0 Å². The van der Waals surface area contributed by atoms with Gasteiger partial charge in [0.1, 0.15) is 13.0 Å². The zero-order chi connectivity index (χ0) is 6.53. The molecule has 0 fully saturated rings. The lowest BCUT2D eigenvalue weighted by Gasteiger charge is -1.84. The minimum Gasteiger partial charge on any atom is -0.227 e. The molecule has 1 aromatic heterocycles. The number of aromatic nitrogens is 4. The smallest absolute Gasteiger partial charge is 0.138 e. The second-order valence-corrected chi connectivity index (χ2v) is 1.22. The van der Waals surface area contributed by atoms with E-state index in [0.717, 1.165) is 0 Å². The molecule has 46 valence electrons. The maximum absolute atomic E-state index is 7.84. The first kappa shape index (κ1) is 5.52. The molecule has 0 bridgehead atoms. The molecular formula is C2H3N7. The summed E-state index contributed by atoms with van der Waals surface area (Å²) in [7, 11) is 0. The SMILES string of the molecule is [N-]=[N+]=NCn1cnnn1. The molecule has 9 heavy (non-hydrogen) atoms. The maximum atomic E-state index is 7.84. The van der Waals surface area contributed by atoms with Crippen LogP contribution >= 0.6 is 0 Å². The Bertz CT molecular complexity index is 205. The summed E-state index contributed by atoms with van der Waals surface area (Å²) >= 11 is 0. The monoisotopic (exact) mass is 125 g/mol. The fourth-order valence-electron chi connectivity index (χ4n) is 0.338. The summed E-state index contributed by atoms with van der Waals surface area (Å²) in [5.41, 5.74) is 7.84. The third-order valence-corrected chi connectivity index (χ3v) is 0.663. The number of nitrogens with zero attached hydrogens (tertiary/aromatic N) is 7. The van der Waals surface area contributed by atoms with Crippen molar-refractivity contribution in [3.63, 3.8) is 0 Å². The molecule has 0 saturated carbocycles. The molecule has 0 radical (unpaired) electrons. The van der Waals surface area contributed by atoms with Gasteiger partial charge < -0.3 is 0 Å². The van der Waals surface area contributed by atoms with Gasteiger partial charge >= 0.3 is 0 Å². The van der Waals surface area contributed by atoms with Crippen LogP contribution in [0.25, 0.3) is 10.4 Å². The van der Waals surface area contributed by atoms with Gasteiger partial charge in [-0.25, -0.2) is 4.68 Å². The van der Waals surface area contributed by atoms with Gasteiger partial charge in [-0.05, 0) is 16.0 Å². The topological polar surface area (TPSA) is 92.4 Å². The van der Waals surface area contributed by atoms with Gasteiger partial charge in [0.15, 0.2) is 0 Å². The molecule has 1 aromatic rings. The number of azide groups is 1. The van der Waals surface area contributed by atoms with E-state index < -0.39 is 0 Å². The van der Waals surface area contributed by atoms with Crippen LogP contribution in [0.4, 0.5) is 0 Å². The second-order valence-electron chi connectivity index (χ2n) is 1.22. The minimum atomic E-state index is 0.142. The largest absolute Gasteiger partial charge is 0.227 e. The minimum absolute atomic E-state index is 0.142. The quantitative estimate of drug-likeness (QED) is 0.315. The van der Waals surface area contributed by atoms with Crippen molar-refractivity contribution < 1.29 is 0 Å². The lowest BCUT2D eigenvalue weighted by atomic mass is 11.1. The Morgan fingerprint density at radius 3 is 3.22 bits per heavy atom. The molecular weight excluding hydrogens is 122 g/mol. The van der Waals surface area contributed by atoms with E-state index >= 15 is 0 Å². The normalized spacial score (nSPS) is 8.44. The highest BCUT2D eigenvalue weighted by Crippen LogP contribution is 1.77. The zero-order valence-electron chi connectivity index (χ0n) is 4.41. The summed E-state index contributed by atoms with van der Waals surface area (Å²) in [5, 5.41) is 13.3. The van der Waals surface area contributed by atoms with E-state index in [1.165, 1.54) is 11.0 Å². The number of rotatable bonds is 2. The first-order valence-corrected chi connectivity index (χ1v) is 2.15. The predicted octanol–water partition coefficient (Wildman–Crippen LogP) is -0.0591. The van der Waals surface area contributed by atoms with Crippen molar-refractivity contribution in [2.75, 3.05) is 0 Å². The van der Waals surface area contributed by atoms with E-state index in [4.69, 9.17) is 5.53 Å². The molecule has 0 N–H and O–H groups in total. The number of hydrogen-bond acceptors (Lipinski definition) is 4. The molecule has 0 amide bonds. The highest BCUT2D eigenvalue weighted by molar-refractivity contribution is 4.45. The van der Waals surface area contributed by atoms with Crippen LogP contribution in [0.2, 0.25) is 0 Å². The van der Waals surface area contributed by atoms with E-state index in [0.29, 0.717) is 0 Å². The third kappa shape index (κ3) is 1.39. The molecule has 7 heteroatoms. The van der Waals surface area contributed by atoms with Crippen LogP contribution < -0.4 is 0 Å². The van der Waals surface area contributed by atoms with Gasteiger partial charge in [0.05, 0.1) is 0 Å². The molecule has 0 aliphatic carbocycles. The molecule has 1 heterocycles. The number of hydrogen-bond donors (Lipinski definition) is 0. The Hall–Kier alpha value is -1.62. The van der Waals surface area contributed by atoms with Gasteiger partial charge in [0, 0.05) is 4.91 Å². The van der Waals surface area contributed by atoms with Crippen molar-refractivity contribution in [3.8, 4) is 0 Å². The van der Waals surface area contributed by atoms with Gasteiger partial charge in [-0.3, -0.25) is 0 Å². The summed E-state index contributed by atoms with van der Waals surface area (Å²) in [6.45, 7) is 0.142. The Kier molecular flexibility index (Phi) is 1.61. The van der Waals surface area contributed by atoms with Crippen LogP contribution in [0.3, 0.4) is 0 Å². The van der Waals surface area contributed by atoms with Crippen molar-refractivity contribution in [2.45, 2.75) is 6.67 Å². The molecule has 0 aliphatic heterocycles. The first-order valence-electron chi connectivity index (χ1n) is 2.15. The van der Waals surface area contributed by atoms with Crippen molar-refractivity contribution in [2.24, 2.45) is 5.11 Å². The molecule has 7 nitrogen and oxygen atoms in total. The van der Waals surface area contributed by atoms with Crippen LogP contribution in [-0.4, -0.2) is 20.2 Å². The fraction of sp³-hybridized carbons (Fsp3) is 0.500. The van der Waals surface area contributed by atoms with Crippen molar-refractivity contribution in [1.82, 2.24) is 20.2 Å². The van der Waals surface area contributed by atoms with Crippen LogP contribution in [0.1, 0.15) is 0 Å². The van der Waals surface area contributed by atoms with E-state index in [2.05, 4.69) is 25.6 Å². The Balaban J connectivity index is 2.57. The highest BCUT2D eigenvalue weighted by Gasteiger charge is 1.84. The third-order valence-electron chi connectivity index (χ3n) is 0.663. The molecule has 0 unspecified atom stereocenters. The predicted molar refractivity (Wildman–Crippen MR) is 27.0 cm³/mol. The van der Waals surface area contributed by atoms with E-state index in [1.807, 2.05) is 0 Å². The summed E-state index contributed by atoms with van der Waals surface area (Å²) in [5.74, 6) is 0. The average Bonchev–Trinajstić information content (AvgIpc) is 2.34. The first-order chi connectivity index (χ1) is 4.43. The summed E-state index contributed by atoms with van der Waals surface area (Å²) in [4.78, 5) is 2.52. The van der Waals surface area contributed by atoms with Crippen molar-refractivity contribution >= 4 is 0 Å². The van der Waals surface area contributed by atoms with Gasteiger partial charge in [0.2, 0.25) is 0 Å². The number of tetrazole rings is 1. The van der Waals surface area contributed by atoms with E-state index in [-0.39, 0.29) is 6.67 Å². The molecule has 0 spiro atoms. The lowest BCUT2D eigenvalue weighted by molar-refractivity contribution is 0.605. The average molecular weight is 125 g/mol. The summed E-state index contributed by atoms with van der Waals surface area (Å²) < 4.78 is 1.32. The van der Waals surface area contributed by atoms with Crippen LogP contribution in [0.15, 0.2) is 11.4 Å². The molecule has 0 aliphatic rings.